The minimum absolute atomic E-state index is 0.0138. The second-order valence-electron chi connectivity index (χ2n) is 19.3. The molecule has 11 atom stereocenters. The van der Waals surface area contributed by atoms with Crippen molar-refractivity contribution >= 4 is 17.8 Å². The average Bonchev–Trinajstić information content (AvgIpc) is 3.45. The molecule has 1 amide bonds. The number of ether oxygens (including phenoxy) is 3. The lowest BCUT2D eigenvalue weighted by atomic mass is 9.35. The molecule has 1 aromatic carbocycles. The van der Waals surface area contributed by atoms with Gasteiger partial charge in [0, 0.05) is 11.8 Å². The fourth-order valence-corrected chi connectivity index (χ4v) is 13.2. The van der Waals surface area contributed by atoms with E-state index in [9.17, 15) is 19.5 Å². The van der Waals surface area contributed by atoms with E-state index < -0.39 is 17.9 Å². The molecule has 5 aliphatic rings. The Labute approximate surface area is 306 Å². The van der Waals surface area contributed by atoms with Crippen LogP contribution in [-0.2, 0) is 28.6 Å². The van der Waals surface area contributed by atoms with Crippen molar-refractivity contribution in [2.45, 2.75) is 162 Å². The van der Waals surface area contributed by atoms with Crippen LogP contribution in [0.25, 0.3) is 0 Å². The Morgan fingerprint density at radius 2 is 1.55 bits per heavy atom. The topological polar surface area (TPSA) is 111 Å². The summed E-state index contributed by atoms with van der Waals surface area (Å²) in [6.45, 7) is 18.9. The number of aliphatic hydroxyl groups excluding tert-OH is 1. The third kappa shape index (κ3) is 6.46. The first-order valence-corrected chi connectivity index (χ1v) is 19.8. The Hall–Kier alpha value is -2.45. The van der Waals surface area contributed by atoms with Crippen molar-refractivity contribution in [3.8, 4) is 0 Å². The van der Waals surface area contributed by atoms with Gasteiger partial charge in [-0.2, -0.15) is 0 Å². The number of esters is 2. The van der Waals surface area contributed by atoms with Gasteiger partial charge in [-0.3, -0.25) is 9.59 Å². The zero-order chi connectivity index (χ0) is 37.2. The molecule has 1 saturated heterocycles. The highest BCUT2D eigenvalue weighted by molar-refractivity contribution is 5.87. The molecule has 0 bridgehead atoms. The Morgan fingerprint density at radius 3 is 2.22 bits per heavy atom. The third-order valence-electron chi connectivity index (χ3n) is 15.8. The van der Waals surface area contributed by atoms with Gasteiger partial charge < -0.3 is 24.6 Å². The number of aliphatic hydroxyl groups is 1. The molecular formula is C43H65NO7. The standard InChI is InChI=1S/C43H65NO7/c1-38(2)21-13-22-43(8,51-38)28-18-24-42(7)35(28)29(45)26-31-40(5)23-20-32(39(3,4)30(40)19-25-41(31,42)6)50-34(47)17-16-33(46)44-36(37(48)49-9)27-14-11-10-12-15-27/h10-12,14-15,28-32,35-36,45H,13,16-26H2,1-9H3,(H,44,46)/t28-,29+,30-,31+,32-,35-,36+,40-,41+,42+,43+/m0/s1. The second kappa shape index (κ2) is 13.4. The Kier molecular flexibility index (Phi) is 10.1. The van der Waals surface area contributed by atoms with Crippen LogP contribution < -0.4 is 5.32 Å². The van der Waals surface area contributed by atoms with E-state index >= 15 is 0 Å². The highest BCUT2D eigenvalue weighted by Crippen LogP contribution is 2.76. The van der Waals surface area contributed by atoms with Crippen molar-refractivity contribution in [2.75, 3.05) is 7.11 Å². The fraction of sp³-hybridized carbons (Fsp3) is 0.791. The van der Waals surface area contributed by atoms with Gasteiger partial charge in [-0.05, 0) is 130 Å². The van der Waals surface area contributed by atoms with Crippen LogP contribution in [0.15, 0.2) is 30.3 Å². The van der Waals surface area contributed by atoms with Crippen LogP contribution in [0.2, 0.25) is 0 Å². The average molecular weight is 708 g/mol. The maximum atomic E-state index is 13.3. The summed E-state index contributed by atoms with van der Waals surface area (Å²) in [5.74, 6) is -0.0419. The molecule has 0 spiro atoms. The van der Waals surface area contributed by atoms with Gasteiger partial charge in [-0.1, -0.05) is 65.0 Å². The number of hydrogen-bond acceptors (Lipinski definition) is 7. The molecule has 51 heavy (non-hydrogen) atoms. The van der Waals surface area contributed by atoms with Crippen molar-refractivity contribution in [1.82, 2.24) is 5.32 Å². The lowest BCUT2D eigenvalue weighted by Gasteiger charge is -2.70. The van der Waals surface area contributed by atoms with Crippen molar-refractivity contribution in [1.29, 1.82) is 0 Å². The predicted molar refractivity (Wildman–Crippen MR) is 196 cm³/mol. The van der Waals surface area contributed by atoms with Crippen molar-refractivity contribution in [3.63, 3.8) is 0 Å². The van der Waals surface area contributed by atoms with E-state index in [0.29, 0.717) is 23.3 Å². The Morgan fingerprint density at radius 1 is 0.863 bits per heavy atom. The number of carbonyl (C=O) groups is 3. The molecule has 5 fully saturated rings. The second-order valence-corrected chi connectivity index (χ2v) is 19.3. The molecule has 8 heteroatoms. The molecule has 0 radical (unpaired) electrons. The molecular weight excluding hydrogens is 642 g/mol. The maximum absolute atomic E-state index is 13.3. The fourth-order valence-electron chi connectivity index (χ4n) is 13.2. The molecule has 2 N–H and O–H groups in total. The van der Waals surface area contributed by atoms with E-state index in [1.807, 2.05) is 6.07 Å². The maximum Gasteiger partial charge on any atom is 0.333 e. The third-order valence-corrected chi connectivity index (χ3v) is 15.8. The molecule has 1 heterocycles. The number of amides is 1. The van der Waals surface area contributed by atoms with E-state index in [-0.39, 0.29) is 69.8 Å². The summed E-state index contributed by atoms with van der Waals surface area (Å²) in [5.41, 5.74) is 0.182. The van der Waals surface area contributed by atoms with Crippen molar-refractivity contribution in [2.24, 2.45) is 45.3 Å². The van der Waals surface area contributed by atoms with Gasteiger partial charge in [-0.25, -0.2) is 4.79 Å². The van der Waals surface area contributed by atoms with Gasteiger partial charge >= 0.3 is 11.9 Å². The highest BCUT2D eigenvalue weighted by atomic mass is 16.5. The van der Waals surface area contributed by atoms with Gasteiger partial charge in [0.1, 0.15) is 6.10 Å². The zero-order valence-corrected chi connectivity index (χ0v) is 32.8. The quantitative estimate of drug-likeness (QED) is 0.263. The minimum atomic E-state index is -0.937. The van der Waals surface area contributed by atoms with Gasteiger partial charge in [-0.15, -0.1) is 0 Å². The molecule has 0 unspecified atom stereocenters. The van der Waals surface area contributed by atoms with Crippen LogP contribution in [0.3, 0.4) is 0 Å². The van der Waals surface area contributed by atoms with E-state index in [0.717, 1.165) is 57.8 Å². The summed E-state index contributed by atoms with van der Waals surface area (Å²) >= 11 is 0. The lowest BCUT2D eigenvalue weighted by molar-refractivity contribution is -0.259. The number of benzene rings is 1. The van der Waals surface area contributed by atoms with E-state index in [2.05, 4.69) is 60.7 Å². The summed E-state index contributed by atoms with van der Waals surface area (Å²) < 4.78 is 18.1. The Balaban J connectivity index is 1.12. The molecule has 4 aliphatic carbocycles. The van der Waals surface area contributed by atoms with Gasteiger partial charge in [0.25, 0.3) is 0 Å². The Bertz CT molecular complexity index is 1480. The normalized spacial score (nSPS) is 41.6. The summed E-state index contributed by atoms with van der Waals surface area (Å²) in [6.07, 6.45) is 9.58. The van der Waals surface area contributed by atoms with E-state index in [1.54, 1.807) is 24.3 Å². The highest BCUT2D eigenvalue weighted by Gasteiger charge is 2.72. The van der Waals surface area contributed by atoms with Crippen LogP contribution in [-0.4, -0.2) is 53.5 Å². The smallest absolute Gasteiger partial charge is 0.333 e. The first-order valence-electron chi connectivity index (χ1n) is 19.8. The summed E-state index contributed by atoms with van der Waals surface area (Å²) in [7, 11) is 1.29. The molecule has 6 rings (SSSR count). The number of fused-ring (bicyclic) bond motifs is 5. The van der Waals surface area contributed by atoms with Crippen molar-refractivity contribution < 1.29 is 33.7 Å². The van der Waals surface area contributed by atoms with E-state index in [1.165, 1.54) is 13.5 Å². The first kappa shape index (κ1) is 38.3. The number of carbonyl (C=O) groups excluding carboxylic acids is 3. The number of methoxy groups -OCH3 is 1. The largest absolute Gasteiger partial charge is 0.467 e. The van der Waals surface area contributed by atoms with Crippen LogP contribution in [0.1, 0.15) is 144 Å². The number of hydrogen-bond donors (Lipinski definition) is 2. The monoisotopic (exact) mass is 707 g/mol. The van der Waals surface area contributed by atoms with Crippen LogP contribution >= 0.6 is 0 Å². The summed E-state index contributed by atoms with van der Waals surface area (Å²) in [4.78, 5) is 38.6. The number of rotatable bonds is 8. The molecule has 284 valence electrons. The molecule has 0 aromatic heterocycles. The number of nitrogens with one attached hydrogen (secondary N) is 1. The molecule has 1 aliphatic heterocycles. The van der Waals surface area contributed by atoms with Gasteiger partial charge in [0.2, 0.25) is 5.91 Å². The van der Waals surface area contributed by atoms with Gasteiger partial charge in [0.05, 0.1) is 30.8 Å². The van der Waals surface area contributed by atoms with Crippen molar-refractivity contribution in [3.05, 3.63) is 35.9 Å². The zero-order valence-electron chi connectivity index (χ0n) is 32.8. The summed E-state index contributed by atoms with van der Waals surface area (Å²) in [6, 6.07) is 8.01. The minimum Gasteiger partial charge on any atom is -0.467 e. The first-order chi connectivity index (χ1) is 23.8. The van der Waals surface area contributed by atoms with Gasteiger partial charge in [0.15, 0.2) is 6.04 Å². The molecule has 8 nitrogen and oxygen atoms in total. The SMILES string of the molecule is COC(=O)[C@H](NC(=O)CCC(=O)O[C@H]1CC[C@]2(C)[C@H]3C[C@@H](O)[C@@H]4[C@@H]([C@@]5(C)CCCC(C)(C)O5)CC[C@@]4(C)[C@]3(C)CC[C@H]2C1(C)C)c1ccccc1. The molecule has 4 saturated carbocycles. The van der Waals surface area contributed by atoms with Crippen LogP contribution in [0.4, 0.5) is 0 Å². The lowest BCUT2D eigenvalue weighted by Crippen LogP contribution is -2.67. The molecule has 1 aromatic rings. The van der Waals surface area contributed by atoms with E-state index in [4.69, 9.17) is 14.2 Å². The van der Waals surface area contributed by atoms with Crippen LogP contribution in [0, 0.1) is 45.3 Å². The predicted octanol–water partition coefficient (Wildman–Crippen LogP) is 8.10. The summed E-state index contributed by atoms with van der Waals surface area (Å²) in [5, 5.41) is 15.0. The van der Waals surface area contributed by atoms with Crippen LogP contribution in [0.5, 0.6) is 0 Å².